The highest BCUT2D eigenvalue weighted by Gasteiger charge is 2.25. The topological polar surface area (TPSA) is 0 Å². The van der Waals surface area contributed by atoms with Crippen LogP contribution in [-0.2, 0) is 0 Å². The van der Waals surface area contributed by atoms with Gasteiger partial charge in [-0.25, -0.2) is 0 Å². The molecule has 2 rings (SSSR count). The van der Waals surface area contributed by atoms with Gasteiger partial charge in [-0.1, -0.05) is 65.5 Å². The monoisotopic (exact) mass is 280 g/mol. The molecule has 1 saturated carbocycles. The zero-order valence-electron chi connectivity index (χ0n) is 10.2. The van der Waals surface area contributed by atoms with Crippen LogP contribution < -0.4 is 0 Å². The third kappa shape index (κ3) is 2.88. The second-order valence-electron chi connectivity index (χ2n) is 5.33. The van der Waals surface area contributed by atoms with Gasteiger partial charge in [0.25, 0.3) is 0 Å². The highest BCUT2D eigenvalue weighted by Crippen LogP contribution is 2.41. The van der Waals surface area contributed by atoms with E-state index < -0.39 is 0 Å². The van der Waals surface area contributed by atoms with Crippen LogP contribution in [0.2, 0.25) is 0 Å². The molecule has 16 heavy (non-hydrogen) atoms. The Kier molecular flexibility index (Phi) is 4.07. The maximum Gasteiger partial charge on any atom is 0.0423 e. The lowest BCUT2D eigenvalue weighted by atomic mass is 9.80. The molecule has 0 spiro atoms. The molecule has 1 heteroatoms. The molecule has 1 fully saturated rings. The molecule has 0 saturated heterocycles. The van der Waals surface area contributed by atoms with Gasteiger partial charge < -0.3 is 0 Å². The van der Waals surface area contributed by atoms with Gasteiger partial charge in [0.1, 0.15) is 0 Å². The predicted octanol–water partition coefficient (Wildman–Crippen LogP) is 5.26. The fourth-order valence-corrected chi connectivity index (χ4v) is 3.43. The summed E-state index contributed by atoms with van der Waals surface area (Å²) >= 11 is 3.89. The molecule has 0 heterocycles. The molecule has 88 valence electrons. The average Bonchev–Trinajstić information content (AvgIpc) is 2.30. The van der Waals surface area contributed by atoms with Crippen LogP contribution in [0.4, 0.5) is 0 Å². The smallest absolute Gasteiger partial charge is 0.0423 e. The molecule has 0 amide bonds. The Balaban J connectivity index is 2.01. The first kappa shape index (κ1) is 12.2. The van der Waals surface area contributed by atoms with Gasteiger partial charge in [0.15, 0.2) is 0 Å². The van der Waals surface area contributed by atoms with Crippen LogP contribution in [0.25, 0.3) is 0 Å². The molecule has 0 aromatic heterocycles. The van der Waals surface area contributed by atoms with Crippen molar-refractivity contribution < 1.29 is 0 Å². The van der Waals surface area contributed by atoms with E-state index in [1.807, 2.05) is 0 Å². The van der Waals surface area contributed by atoms with E-state index in [4.69, 9.17) is 0 Å². The van der Waals surface area contributed by atoms with Crippen molar-refractivity contribution in [2.45, 2.75) is 44.4 Å². The van der Waals surface area contributed by atoms with Crippen LogP contribution in [0, 0.1) is 18.8 Å². The van der Waals surface area contributed by atoms with Crippen molar-refractivity contribution in [3.8, 4) is 0 Å². The van der Waals surface area contributed by atoms with Crippen LogP contribution in [0.5, 0.6) is 0 Å². The lowest BCUT2D eigenvalue weighted by Crippen LogP contribution is -2.16. The Morgan fingerprint density at radius 1 is 1.06 bits per heavy atom. The van der Waals surface area contributed by atoms with Gasteiger partial charge in [-0.3, -0.25) is 0 Å². The zero-order valence-corrected chi connectivity index (χ0v) is 11.8. The first-order valence-electron chi connectivity index (χ1n) is 6.37. The Hall–Kier alpha value is -0.300. The number of halogens is 1. The third-order valence-electron chi connectivity index (χ3n) is 3.87. The van der Waals surface area contributed by atoms with Crippen molar-refractivity contribution in [2.24, 2.45) is 11.8 Å². The van der Waals surface area contributed by atoms with Crippen LogP contribution in [0.15, 0.2) is 24.3 Å². The summed E-state index contributed by atoms with van der Waals surface area (Å²) in [6.07, 6.45) is 5.56. The summed E-state index contributed by atoms with van der Waals surface area (Å²) in [4.78, 5) is 0.556. The molecule has 0 radical (unpaired) electrons. The maximum atomic E-state index is 3.89. The highest BCUT2D eigenvalue weighted by molar-refractivity contribution is 9.09. The summed E-state index contributed by atoms with van der Waals surface area (Å²) in [6, 6.07) is 8.98. The summed E-state index contributed by atoms with van der Waals surface area (Å²) in [6.45, 7) is 4.53. The van der Waals surface area contributed by atoms with E-state index in [2.05, 4.69) is 54.0 Å². The quantitative estimate of drug-likeness (QED) is 0.649. The van der Waals surface area contributed by atoms with Gasteiger partial charge in [0.2, 0.25) is 0 Å². The summed E-state index contributed by atoms with van der Waals surface area (Å²) in [5, 5.41) is 0. The Morgan fingerprint density at radius 3 is 2.19 bits per heavy atom. The van der Waals surface area contributed by atoms with Crippen LogP contribution in [-0.4, -0.2) is 0 Å². The molecule has 1 aliphatic rings. The van der Waals surface area contributed by atoms with Gasteiger partial charge in [-0.2, -0.15) is 0 Å². The fraction of sp³-hybridized carbons (Fsp3) is 0.600. The molecule has 1 aromatic rings. The van der Waals surface area contributed by atoms with Gasteiger partial charge in [0, 0.05) is 4.83 Å². The third-order valence-corrected chi connectivity index (χ3v) is 5.15. The first-order chi connectivity index (χ1) is 7.66. The van der Waals surface area contributed by atoms with E-state index in [-0.39, 0.29) is 0 Å². The Labute approximate surface area is 108 Å². The predicted molar refractivity (Wildman–Crippen MR) is 74.0 cm³/mol. The maximum absolute atomic E-state index is 3.89. The summed E-state index contributed by atoms with van der Waals surface area (Å²) < 4.78 is 0. The molecule has 0 N–H and O–H groups in total. The number of benzene rings is 1. The van der Waals surface area contributed by atoms with E-state index in [1.165, 1.54) is 36.8 Å². The molecule has 0 bridgehead atoms. The Bertz CT molecular complexity index is 320. The second-order valence-corrected chi connectivity index (χ2v) is 6.32. The lowest BCUT2D eigenvalue weighted by molar-refractivity contribution is 0.287. The van der Waals surface area contributed by atoms with E-state index in [9.17, 15) is 0 Å². The van der Waals surface area contributed by atoms with Gasteiger partial charge in [-0.15, -0.1) is 0 Å². The van der Waals surface area contributed by atoms with Gasteiger partial charge in [0.05, 0.1) is 0 Å². The second kappa shape index (κ2) is 5.35. The molecule has 1 unspecified atom stereocenters. The van der Waals surface area contributed by atoms with Crippen molar-refractivity contribution in [3.63, 3.8) is 0 Å². The van der Waals surface area contributed by atoms with Gasteiger partial charge >= 0.3 is 0 Å². The fourth-order valence-electron chi connectivity index (χ4n) is 2.60. The van der Waals surface area contributed by atoms with Crippen molar-refractivity contribution in [1.82, 2.24) is 0 Å². The summed E-state index contributed by atoms with van der Waals surface area (Å²) in [5.74, 6) is 1.77. The lowest BCUT2D eigenvalue weighted by Gasteiger charge is -2.30. The minimum absolute atomic E-state index is 0.556. The van der Waals surface area contributed by atoms with Gasteiger partial charge in [-0.05, 0) is 37.2 Å². The standard InChI is InChI=1S/C15H21Br/c1-11-3-7-13(8-4-11)15(16)14-9-5-12(2)6-10-14/h3-4,7-8,12,14-15H,5-6,9-10H2,1-2H3. The van der Waals surface area contributed by atoms with Crippen molar-refractivity contribution in [1.29, 1.82) is 0 Å². The summed E-state index contributed by atoms with van der Waals surface area (Å²) in [7, 11) is 0. The normalized spacial score (nSPS) is 27.7. The summed E-state index contributed by atoms with van der Waals surface area (Å²) in [5.41, 5.74) is 2.80. The zero-order chi connectivity index (χ0) is 11.5. The van der Waals surface area contributed by atoms with E-state index in [1.54, 1.807) is 0 Å². The van der Waals surface area contributed by atoms with Crippen molar-refractivity contribution in [3.05, 3.63) is 35.4 Å². The number of alkyl halides is 1. The van der Waals surface area contributed by atoms with Crippen LogP contribution in [0.1, 0.15) is 48.6 Å². The molecular weight excluding hydrogens is 260 g/mol. The van der Waals surface area contributed by atoms with E-state index in [0.29, 0.717) is 4.83 Å². The Morgan fingerprint density at radius 2 is 1.62 bits per heavy atom. The molecule has 0 aliphatic heterocycles. The number of rotatable bonds is 2. The number of hydrogen-bond donors (Lipinski definition) is 0. The molecular formula is C15H21Br. The minimum atomic E-state index is 0.556. The molecule has 0 nitrogen and oxygen atoms in total. The highest BCUT2D eigenvalue weighted by atomic mass is 79.9. The molecule has 1 aliphatic carbocycles. The molecule has 1 atom stereocenters. The van der Waals surface area contributed by atoms with E-state index in [0.717, 1.165) is 11.8 Å². The van der Waals surface area contributed by atoms with Crippen LogP contribution >= 0.6 is 15.9 Å². The van der Waals surface area contributed by atoms with Crippen molar-refractivity contribution in [2.75, 3.05) is 0 Å². The number of hydrogen-bond acceptors (Lipinski definition) is 0. The van der Waals surface area contributed by atoms with Crippen LogP contribution in [0.3, 0.4) is 0 Å². The average molecular weight is 281 g/mol. The van der Waals surface area contributed by atoms with Crippen molar-refractivity contribution >= 4 is 15.9 Å². The number of aryl methyl sites for hydroxylation is 1. The first-order valence-corrected chi connectivity index (χ1v) is 7.29. The largest absolute Gasteiger partial charge is 0.0836 e. The van der Waals surface area contributed by atoms with E-state index >= 15 is 0 Å². The molecule has 1 aromatic carbocycles. The minimum Gasteiger partial charge on any atom is -0.0836 e. The SMILES string of the molecule is Cc1ccc(C(Br)C2CCC(C)CC2)cc1.